The first kappa shape index (κ1) is 7.68. The minimum Gasteiger partial charge on any atom is -0.390 e. The van der Waals surface area contributed by atoms with Crippen molar-refractivity contribution in [3.8, 4) is 0 Å². The van der Waals surface area contributed by atoms with Crippen LogP contribution in [0.3, 0.4) is 0 Å². The second-order valence-electron chi connectivity index (χ2n) is 2.12. The fraction of sp³-hybridized carbons (Fsp3) is 1.00. The van der Waals surface area contributed by atoms with Crippen molar-refractivity contribution in [3.63, 3.8) is 0 Å². The number of aliphatic hydroxyl groups is 1. The molecule has 0 aliphatic carbocycles. The summed E-state index contributed by atoms with van der Waals surface area (Å²) in [5.41, 5.74) is -0.569. The SMILES string of the molecule is CC(C)(O)CPCl. The van der Waals surface area contributed by atoms with Crippen LogP contribution in [-0.2, 0) is 0 Å². The molecule has 0 heterocycles. The summed E-state index contributed by atoms with van der Waals surface area (Å²) in [5.74, 6) is 0. The molecule has 0 amide bonds. The third-order valence-electron chi connectivity index (χ3n) is 0.499. The average molecular weight is 141 g/mol. The van der Waals surface area contributed by atoms with E-state index in [0.29, 0.717) is 14.1 Å². The maximum atomic E-state index is 8.94. The molecule has 0 saturated heterocycles. The van der Waals surface area contributed by atoms with Crippen molar-refractivity contribution in [2.45, 2.75) is 19.4 Å². The van der Waals surface area contributed by atoms with Crippen molar-refractivity contribution >= 4 is 19.2 Å². The molecule has 0 fully saturated rings. The van der Waals surface area contributed by atoms with E-state index in [1.807, 2.05) is 0 Å². The van der Waals surface area contributed by atoms with E-state index in [0.717, 1.165) is 0 Å². The summed E-state index contributed by atoms with van der Waals surface area (Å²) in [6, 6.07) is 0. The van der Waals surface area contributed by atoms with Gasteiger partial charge in [0.15, 0.2) is 0 Å². The van der Waals surface area contributed by atoms with Crippen molar-refractivity contribution < 1.29 is 5.11 Å². The zero-order valence-corrected chi connectivity index (χ0v) is 6.29. The molecule has 1 atom stereocenters. The lowest BCUT2D eigenvalue weighted by molar-refractivity contribution is 0.106. The normalized spacial score (nSPS) is 13.7. The number of rotatable bonds is 2. The highest BCUT2D eigenvalue weighted by Gasteiger charge is 2.09. The van der Waals surface area contributed by atoms with Crippen molar-refractivity contribution in [2.75, 3.05) is 6.16 Å². The van der Waals surface area contributed by atoms with Gasteiger partial charge in [0.1, 0.15) is 0 Å². The predicted molar refractivity (Wildman–Crippen MR) is 35.3 cm³/mol. The van der Waals surface area contributed by atoms with Crippen LogP contribution >= 0.6 is 19.2 Å². The van der Waals surface area contributed by atoms with Crippen LogP contribution < -0.4 is 0 Å². The summed E-state index contributed by atoms with van der Waals surface area (Å²) in [5, 5.41) is 8.94. The molecule has 7 heavy (non-hydrogen) atoms. The lowest BCUT2D eigenvalue weighted by Gasteiger charge is -2.13. The summed E-state index contributed by atoms with van der Waals surface area (Å²) < 4.78 is 0. The van der Waals surface area contributed by atoms with E-state index in [2.05, 4.69) is 0 Å². The lowest BCUT2D eigenvalue weighted by Crippen LogP contribution is -2.20. The van der Waals surface area contributed by atoms with Crippen LogP contribution in [0.4, 0.5) is 0 Å². The van der Waals surface area contributed by atoms with Crippen LogP contribution in [-0.4, -0.2) is 16.9 Å². The maximum absolute atomic E-state index is 8.94. The molecule has 1 N–H and O–H groups in total. The molecule has 0 saturated carbocycles. The molecular weight excluding hydrogens is 130 g/mol. The van der Waals surface area contributed by atoms with E-state index in [-0.39, 0.29) is 0 Å². The lowest BCUT2D eigenvalue weighted by atomic mass is 10.2. The van der Waals surface area contributed by atoms with Crippen molar-refractivity contribution in [2.24, 2.45) is 0 Å². The average Bonchev–Trinajstić information content (AvgIpc) is 1.30. The van der Waals surface area contributed by atoms with Crippen LogP contribution in [0, 0.1) is 0 Å². The molecule has 0 bridgehead atoms. The highest BCUT2D eigenvalue weighted by atomic mass is 35.7. The minimum absolute atomic E-state index is 0.331. The number of hydrogen-bond acceptors (Lipinski definition) is 1. The predicted octanol–water partition coefficient (Wildman–Crippen LogP) is 1.59. The third kappa shape index (κ3) is 6.68. The number of hydrogen-bond donors (Lipinski definition) is 1. The van der Waals surface area contributed by atoms with Gasteiger partial charge in [-0.1, -0.05) is 11.2 Å². The molecule has 0 aromatic carbocycles. The van der Waals surface area contributed by atoms with E-state index in [1.165, 1.54) is 0 Å². The first-order valence-corrected chi connectivity index (χ1v) is 4.34. The Kier molecular flexibility index (Phi) is 3.14. The van der Waals surface area contributed by atoms with Crippen molar-refractivity contribution in [1.82, 2.24) is 0 Å². The van der Waals surface area contributed by atoms with Gasteiger partial charge in [0.2, 0.25) is 0 Å². The molecule has 0 aromatic rings. The van der Waals surface area contributed by atoms with Gasteiger partial charge in [-0.15, -0.1) is 0 Å². The van der Waals surface area contributed by atoms with Crippen LogP contribution in [0.2, 0.25) is 0 Å². The third-order valence-corrected chi connectivity index (χ3v) is 1.90. The van der Waals surface area contributed by atoms with Gasteiger partial charge in [-0.2, -0.15) is 0 Å². The largest absolute Gasteiger partial charge is 0.390 e. The first-order valence-electron chi connectivity index (χ1n) is 2.12. The zero-order chi connectivity index (χ0) is 5.91. The van der Waals surface area contributed by atoms with Gasteiger partial charge in [-0.05, 0) is 21.8 Å². The quantitative estimate of drug-likeness (QED) is 0.578. The van der Waals surface area contributed by atoms with Crippen LogP contribution in [0.1, 0.15) is 13.8 Å². The summed E-state index contributed by atoms with van der Waals surface area (Å²) >= 11 is 5.35. The molecule has 3 heteroatoms. The molecule has 0 spiro atoms. The van der Waals surface area contributed by atoms with E-state index in [9.17, 15) is 0 Å². The molecular formula is C4H10ClOP. The molecule has 0 rings (SSSR count). The smallest absolute Gasteiger partial charge is 0.0639 e. The second kappa shape index (κ2) is 2.86. The monoisotopic (exact) mass is 140 g/mol. The minimum atomic E-state index is -0.569. The van der Waals surface area contributed by atoms with Gasteiger partial charge in [0, 0.05) is 6.16 Å². The Labute approximate surface area is 50.6 Å². The molecule has 44 valence electrons. The molecule has 0 aliphatic heterocycles. The van der Waals surface area contributed by atoms with Crippen LogP contribution in [0.5, 0.6) is 0 Å². The maximum Gasteiger partial charge on any atom is 0.0639 e. The van der Waals surface area contributed by atoms with Gasteiger partial charge in [0.05, 0.1) is 5.60 Å². The van der Waals surface area contributed by atoms with Gasteiger partial charge >= 0.3 is 0 Å². The Hall–Kier alpha value is 0.680. The standard InChI is InChI=1S/C4H10ClOP/c1-4(2,6)3-7-5/h6-7H,3H2,1-2H3. The molecule has 1 unspecified atom stereocenters. The first-order chi connectivity index (χ1) is 3.06. The Bertz CT molecular complexity index is 50.1. The Morgan fingerprint density at radius 2 is 2.14 bits per heavy atom. The Morgan fingerprint density at radius 3 is 2.14 bits per heavy atom. The van der Waals surface area contributed by atoms with Crippen LogP contribution in [0.25, 0.3) is 0 Å². The Morgan fingerprint density at radius 1 is 1.71 bits per heavy atom. The van der Waals surface area contributed by atoms with Gasteiger partial charge in [0.25, 0.3) is 0 Å². The molecule has 0 radical (unpaired) electrons. The van der Waals surface area contributed by atoms with E-state index >= 15 is 0 Å². The topological polar surface area (TPSA) is 20.2 Å². The summed E-state index contributed by atoms with van der Waals surface area (Å²) in [7, 11) is 0.331. The molecule has 0 aromatic heterocycles. The van der Waals surface area contributed by atoms with E-state index < -0.39 is 5.60 Å². The Balaban J connectivity index is 3.15. The van der Waals surface area contributed by atoms with Gasteiger partial charge in [-0.25, -0.2) is 0 Å². The summed E-state index contributed by atoms with van der Waals surface area (Å²) in [6.45, 7) is 3.50. The molecule has 1 nitrogen and oxygen atoms in total. The highest BCUT2D eigenvalue weighted by Crippen LogP contribution is 2.21. The second-order valence-corrected chi connectivity index (χ2v) is 3.55. The zero-order valence-electron chi connectivity index (χ0n) is 4.53. The molecule has 0 aliphatic rings. The summed E-state index contributed by atoms with van der Waals surface area (Å²) in [6.07, 6.45) is 0.689. The van der Waals surface area contributed by atoms with Gasteiger partial charge in [-0.3, -0.25) is 0 Å². The summed E-state index contributed by atoms with van der Waals surface area (Å²) in [4.78, 5) is 0. The fourth-order valence-corrected chi connectivity index (χ4v) is 1.47. The highest BCUT2D eigenvalue weighted by molar-refractivity contribution is 7.68. The number of halogens is 1. The van der Waals surface area contributed by atoms with Crippen LogP contribution in [0.15, 0.2) is 0 Å². The van der Waals surface area contributed by atoms with Crippen molar-refractivity contribution in [3.05, 3.63) is 0 Å². The van der Waals surface area contributed by atoms with E-state index in [4.69, 9.17) is 16.3 Å². The van der Waals surface area contributed by atoms with Gasteiger partial charge < -0.3 is 5.11 Å². The van der Waals surface area contributed by atoms with E-state index in [1.54, 1.807) is 13.8 Å². The van der Waals surface area contributed by atoms with Crippen molar-refractivity contribution in [1.29, 1.82) is 0 Å². The fourth-order valence-electron chi connectivity index (χ4n) is 0.164.